The van der Waals surface area contributed by atoms with Crippen LogP contribution in [0.3, 0.4) is 0 Å². The molecule has 0 aromatic carbocycles. The van der Waals surface area contributed by atoms with E-state index >= 15 is 0 Å². The van der Waals surface area contributed by atoms with Crippen LogP contribution in [0.1, 0.15) is 55.4 Å². The van der Waals surface area contributed by atoms with Crippen LogP contribution in [-0.4, -0.2) is 10.9 Å². The lowest BCUT2D eigenvalue weighted by Crippen LogP contribution is -2.20. The van der Waals surface area contributed by atoms with Gasteiger partial charge in [0, 0.05) is 18.4 Å². The highest BCUT2D eigenvalue weighted by molar-refractivity contribution is 5.38. The van der Waals surface area contributed by atoms with E-state index in [9.17, 15) is 0 Å². The summed E-state index contributed by atoms with van der Waals surface area (Å²) in [4.78, 5) is 2.29. The minimum Gasteiger partial charge on any atom is -0.352 e. The van der Waals surface area contributed by atoms with Crippen LogP contribution in [0.4, 0.5) is 0 Å². The second kappa shape index (κ2) is 8.18. The van der Waals surface area contributed by atoms with Gasteiger partial charge in [0.15, 0.2) is 0 Å². The van der Waals surface area contributed by atoms with Crippen molar-refractivity contribution in [2.75, 3.05) is 0 Å². The van der Waals surface area contributed by atoms with Crippen LogP contribution < -0.4 is 0 Å². The second-order valence-corrected chi connectivity index (χ2v) is 5.40. The van der Waals surface area contributed by atoms with Crippen molar-refractivity contribution < 1.29 is 0 Å². The van der Waals surface area contributed by atoms with Crippen molar-refractivity contribution in [3.05, 3.63) is 35.7 Å². The SMILES string of the molecule is CC.CC(C)C1=CC=CN(C(C)C)C=C1C(C)C. The van der Waals surface area contributed by atoms with E-state index in [1.54, 1.807) is 0 Å². The molecule has 18 heavy (non-hydrogen) atoms. The first-order valence-corrected chi connectivity index (χ1v) is 7.31. The predicted octanol–water partition coefficient (Wildman–Crippen LogP) is 5.37. The molecule has 0 unspecified atom stereocenters. The highest BCUT2D eigenvalue weighted by Gasteiger charge is 2.16. The highest BCUT2D eigenvalue weighted by atomic mass is 15.1. The quantitative estimate of drug-likeness (QED) is 0.649. The Balaban J connectivity index is 0.00000137. The maximum atomic E-state index is 2.31. The minimum absolute atomic E-state index is 0.518. The Kier molecular flexibility index (Phi) is 7.73. The van der Waals surface area contributed by atoms with Gasteiger partial charge in [-0.15, -0.1) is 0 Å². The lowest BCUT2D eigenvalue weighted by Gasteiger charge is -2.24. The standard InChI is InChI=1S/C15H25N.C2H6/c1-11(2)14-8-7-9-16(13(5)6)10-15(14)12(3)4;1-2/h7-13H,1-6H3;1-2H3. The fourth-order valence-electron chi connectivity index (χ4n) is 1.95. The largest absolute Gasteiger partial charge is 0.352 e. The molecule has 1 aliphatic heterocycles. The molecule has 0 aromatic rings. The maximum Gasteiger partial charge on any atom is 0.0274 e. The average molecular weight is 249 g/mol. The molecule has 0 amide bonds. The molecule has 0 saturated carbocycles. The zero-order chi connectivity index (χ0) is 14.3. The van der Waals surface area contributed by atoms with E-state index in [1.165, 1.54) is 11.1 Å². The van der Waals surface area contributed by atoms with Gasteiger partial charge >= 0.3 is 0 Å². The number of allylic oxidation sites excluding steroid dienone is 4. The third kappa shape index (κ3) is 4.72. The van der Waals surface area contributed by atoms with Crippen LogP contribution >= 0.6 is 0 Å². The van der Waals surface area contributed by atoms with Crippen molar-refractivity contribution in [3.8, 4) is 0 Å². The van der Waals surface area contributed by atoms with E-state index in [4.69, 9.17) is 0 Å². The van der Waals surface area contributed by atoms with Crippen LogP contribution in [0.2, 0.25) is 0 Å². The lowest BCUT2D eigenvalue weighted by molar-refractivity contribution is 0.411. The summed E-state index contributed by atoms with van der Waals surface area (Å²) < 4.78 is 0. The van der Waals surface area contributed by atoms with E-state index in [2.05, 4.69) is 71.0 Å². The molecule has 1 nitrogen and oxygen atoms in total. The third-order valence-electron chi connectivity index (χ3n) is 3.00. The molecule has 0 fully saturated rings. The van der Waals surface area contributed by atoms with Crippen molar-refractivity contribution in [1.29, 1.82) is 0 Å². The molecule has 0 saturated heterocycles. The summed E-state index contributed by atoms with van der Waals surface area (Å²) in [6.45, 7) is 17.5. The van der Waals surface area contributed by atoms with E-state index < -0.39 is 0 Å². The van der Waals surface area contributed by atoms with Gasteiger partial charge in [0.05, 0.1) is 0 Å². The zero-order valence-electron chi connectivity index (χ0n) is 13.5. The second-order valence-electron chi connectivity index (χ2n) is 5.40. The van der Waals surface area contributed by atoms with Gasteiger partial charge in [-0.25, -0.2) is 0 Å². The maximum absolute atomic E-state index is 2.31. The Labute approximate surface area is 114 Å². The van der Waals surface area contributed by atoms with Crippen LogP contribution in [-0.2, 0) is 0 Å². The van der Waals surface area contributed by atoms with Crippen LogP contribution in [0.25, 0.3) is 0 Å². The number of hydrogen-bond acceptors (Lipinski definition) is 1. The molecule has 0 aliphatic carbocycles. The van der Waals surface area contributed by atoms with Crippen LogP contribution in [0.5, 0.6) is 0 Å². The predicted molar refractivity (Wildman–Crippen MR) is 83.3 cm³/mol. The van der Waals surface area contributed by atoms with Crippen molar-refractivity contribution in [1.82, 2.24) is 4.90 Å². The van der Waals surface area contributed by atoms with Gasteiger partial charge in [-0.1, -0.05) is 47.6 Å². The van der Waals surface area contributed by atoms with Crippen molar-refractivity contribution in [3.63, 3.8) is 0 Å². The third-order valence-corrected chi connectivity index (χ3v) is 3.00. The van der Waals surface area contributed by atoms with Crippen molar-refractivity contribution in [2.24, 2.45) is 11.8 Å². The summed E-state index contributed by atoms with van der Waals surface area (Å²) in [5.74, 6) is 1.17. The average Bonchev–Trinajstić information content (AvgIpc) is 2.53. The molecule has 0 radical (unpaired) electrons. The molecular weight excluding hydrogens is 218 g/mol. The van der Waals surface area contributed by atoms with Gasteiger partial charge in [-0.2, -0.15) is 0 Å². The number of rotatable bonds is 3. The molecule has 1 heteroatoms. The van der Waals surface area contributed by atoms with E-state index in [-0.39, 0.29) is 0 Å². The fourth-order valence-corrected chi connectivity index (χ4v) is 1.95. The summed E-state index contributed by atoms with van der Waals surface area (Å²) >= 11 is 0. The van der Waals surface area contributed by atoms with Gasteiger partial charge in [-0.05, 0) is 42.9 Å². The normalized spacial score (nSPS) is 15.4. The Bertz CT molecular complexity index is 317. The number of hydrogen-bond donors (Lipinski definition) is 0. The first kappa shape index (κ1) is 17.0. The molecule has 0 aromatic heterocycles. The molecule has 0 bridgehead atoms. The summed E-state index contributed by atoms with van der Waals surface area (Å²) in [7, 11) is 0. The van der Waals surface area contributed by atoms with Crippen molar-refractivity contribution >= 4 is 0 Å². The molecule has 0 atom stereocenters. The Hall–Kier alpha value is -0.980. The van der Waals surface area contributed by atoms with Gasteiger partial charge in [0.25, 0.3) is 0 Å². The Morgan fingerprint density at radius 1 is 0.833 bits per heavy atom. The molecule has 0 N–H and O–H groups in total. The number of nitrogens with zero attached hydrogens (tertiary/aromatic N) is 1. The first-order valence-electron chi connectivity index (χ1n) is 7.31. The molecule has 1 aliphatic rings. The van der Waals surface area contributed by atoms with E-state index in [1.807, 2.05) is 13.8 Å². The highest BCUT2D eigenvalue weighted by Crippen LogP contribution is 2.28. The van der Waals surface area contributed by atoms with Crippen molar-refractivity contribution in [2.45, 2.75) is 61.4 Å². The van der Waals surface area contributed by atoms with E-state index in [0.29, 0.717) is 17.9 Å². The summed E-state index contributed by atoms with van der Waals surface area (Å²) in [6.07, 6.45) is 8.91. The first-order chi connectivity index (χ1) is 8.43. The van der Waals surface area contributed by atoms with E-state index in [0.717, 1.165) is 0 Å². The Morgan fingerprint density at radius 3 is 1.72 bits per heavy atom. The van der Waals surface area contributed by atoms with Gasteiger partial charge < -0.3 is 4.90 Å². The summed E-state index contributed by atoms with van der Waals surface area (Å²) in [6, 6.07) is 0.518. The lowest BCUT2D eigenvalue weighted by atomic mass is 9.88. The van der Waals surface area contributed by atoms with Crippen LogP contribution in [0.15, 0.2) is 35.7 Å². The van der Waals surface area contributed by atoms with Gasteiger partial charge in [-0.3, -0.25) is 0 Å². The molecule has 0 spiro atoms. The minimum atomic E-state index is 0.518. The fraction of sp³-hybridized carbons (Fsp3) is 0.647. The summed E-state index contributed by atoms with van der Waals surface area (Å²) in [5, 5.41) is 0. The molecule has 1 heterocycles. The smallest absolute Gasteiger partial charge is 0.0274 e. The molecule has 104 valence electrons. The zero-order valence-corrected chi connectivity index (χ0v) is 13.5. The van der Waals surface area contributed by atoms with Gasteiger partial charge in [0.2, 0.25) is 0 Å². The molecular formula is C17H31N. The molecule has 1 rings (SSSR count). The van der Waals surface area contributed by atoms with Crippen LogP contribution in [0, 0.1) is 11.8 Å². The Morgan fingerprint density at radius 2 is 1.33 bits per heavy atom. The van der Waals surface area contributed by atoms with Gasteiger partial charge in [0.1, 0.15) is 0 Å². The topological polar surface area (TPSA) is 3.24 Å². The monoisotopic (exact) mass is 249 g/mol. The summed E-state index contributed by atoms with van der Waals surface area (Å²) in [5.41, 5.74) is 2.93.